The van der Waals surface area contributed by atoms with E-state index < -0.39 is 30.2 Å². The van der Waals surface area contributed by atoms with Crippen molar-refractivity contribution >= 4 is 29.4 Å². The van der Waals surface area contributed by atoms with Crippen molar-refractivity contribution in [2.45, 2.75) is 70.8 Å². The van der Waals surface area contributed by atoms with Crippen molar-refractivity contribution in [3.63, 3.8) is 0 Å². The highest BCUT2D eigenvalue weighted by Gasteiger charge is 2.29. The van der Waals surface area contributed by atoms with Crippen LogP contribution >= 0.6 is 0 Å². The van der Waals surface area contributed by atoms with Gasteiger partial charge in [0, 0.05) is 18.2 Å². The number of hydrogen-bond donors (Lipinski definition) is 5. The Kier molecular flexibility index (Phi) is 14.0. The minimum absolute atomic E-state index is 0.150. The lowest BCUT2D eigenvalue weighted by Crippen LogP contribution is -2.52. The zero-order chi connectivity index (χ0) is 30.3. The van der Waals surface area contributed by atoms with Crippen LogP contribution in [0.15, 0.2) is 24.3 Å². The quantitative estimate of drug-likeness (QED) is 0.198. The van der Waals surface area contributed by atoms with Crippen LogP contribution in [-0.4, -0.2) is 81.2 Å². The number of carboxylic acids is 1. The lowest BCUT2D eigenvalue weighted by Gasteiger charge is -2.27. The van der Waals surface area contributed by atoms with E-state index in [1.165, 1.54) is 4.90 Å². The highest BCUT2D eigenvalue weighted by Crippen LogP contribution is 2.27. The van der Waals surface area contributed by atoms with Crippen molar-refractivity contribution in [3.05, 3.63) is 24.3 Å². The van der Waals surface area contributed by atoms with E-state index in [0.29, 0.717) is 23.3 Å². The Balaban J connectivity index is 1.58. The number of carbonyl (C=O) groups is 4. The van der Waals surface area contributed by atoms with Gasteiger partial charge in [0.25, 0.3) is 0 Å². The second-order valence-corrected chi connectivity index (χ2v) is 11.5. The van der Waals surface area contributed by atoms with Crippen LogP contribution in [-0.2, 0) is 19.2 Å². The summed E-state index contributed by atoms with van der Waals surface area (Å²) >= 11 is 0. The van der Waals surface area contributed by atoms with Crippen molar-refractivity contribution in [1.29, 1.82) is 0 Å². The molecule has 2 heterocycles. The predicted octanol–water partition coefficient (Wildman–Crippen LogP) is 2.30. The number of nitrogens with one attached hydrogen (secondary N) is 4. The fourth-order valence-corrected chi connectivity index (χ4v) is 5.97. The van der Waals surface area contributed by atoms with Crippen LogP contribution in [0.3, 0.4) is 0 Å². The molecular formula is C31H49N5O6. The molecule has 1 aromatic rings. The number of hydrogen-bond acceptors (Lipinski definition) is 7. The molecule has 5 N–H and O–H groups in total. The minimum Gasteiger partial charge on any atom is -0.497 e. The Hall–Kier alpha value is -3.18. The molecule has 42 heavy (non-hydrogen) atoms. The summed E-state index contributed by atoms with van der Waals surface area (Å²) in [6.45, 7) is 5.80. The molecule has 0 saturated carbocycles. The topological polar surface area (TPSA) is 149 Å². The first-order valence-corrected chi connectivity index (χ1v) is 15.5. The Morgan fingerprint density at radius 1 is 0.952 bits per heavy atom. The third-order valence-corrected chi connectivity index (χ3v) is 8.54. The van der Waals surface area contributed by atoms with Gasteiger partial charge < -0.3 is 36.0 Å². The molecule has 0 spiro atoms. The first-order valence-electron chi connectivity index (χ1n) is 15.5. The highest BCUT2D eigenvalue weighted by molar-refractivity contribution is 6.01. The Morgan fingerprint density at radius 2 is 1.50 bits per heavy atom. The van der Waals surface area contributed by atoms with Gasteiger partial charge in [-0.15, -0.1) is 0 Å². The van der Waals surface area contributed by atoms with Gasteiger partial charge in [0.2, 0.25) is 17.7 Å². The maximum Gasteiger partial charge on any atom is 0.305 e. The fourth-order valence-electron chi connectivity index (χ4n) is 5.97. The van der Waals surface area contributed by atoms with Crippen molar-refractivity contribution in [1.82, 2.24) is 21.3 Å². The Bertz CT molecular complexity index is 986. The second-order valence-electron chi connectivity index (χ2n) is 11.5. The van der Waals surface area contributed by atoms with Gasteiger partial charge in [-0.3, -0.25) is 19.2 Å². The molecular weight excluding hydrogens is 538 g/mol. The molecule has 11 heteroatoms. The summed E-state index contributed by atoms with van der Waals surface area (Å²) < 4.78 is 5.17. The summed E-state index contributed by atoms with van der Waals surface area (Å²) in [5, 5.41) is 21.6. The van der Waals surface area contributed by atoms with Gasteiger partial charge in [0.15, 0.2) is 0 Å². The van der Waals surface area contributed by atoms with E-state index in [0.717, 1.165) is 77.5 Å². The van der Waals surface area contributed by atoms with Gasteiger partial charge >= 0.3 is 5.97 Å². The third kappa shape index (κ3) is 10.9. The number of rotatable bonds is 16. The molecule has 0 aromatic heterocycles. The molecule has 0 aliphatic carbocycles. The van der Waals surface area contributed by atoms with Gasteiger partial charge in [-0.1, -0.05) is 0 Å². The number of nitrogens with zero attached hydrogens (tertiary/aromatic N) is 1. The Morgan fingerprint density at radius 3 is 1.98 bits per heavy atom. The van der Waals surface area contributed by atoms with Gasteiger partial charge in [0.1, 0.15) is 11.8 Å². The zero-order valence-corrected chi connectivity index (χ0v) is 25.2. The molecule has 2 aliphatic rings. The SMILES string of the molecule is CCN(C(=O)[C@H](CC(=O)O)NC(=O)CNC(=O)C(CCC1CCNCC1)CCC1CCNCC1)c1ccc(OC)cc1. The molecule has 0 unspecified atom stereocenters. The van der Waals surface area contributed by atoms with Crippen molar-refractivity contribution in [2.24, 2.45) is 17.8 Å². The fraction of sp³-hybridized carbons (Fsp3) is 0.677. The van der Waals surface area contributed by atoms with E-state index in [9.17, 15) is 24.3 Å². The highest BCUT2D eigenvalue weighted by atomic mass is 16.5. The standard InChI is InChI=1S/C31H49N5O6/c1-3-36(25-8-10-26(42-2)11-9-25)31(41)27(20-29(38)39)35-28(37)21-34-30(40)24(6-4-22-12-16-32-17-13-22)7-5-23-14-18-33-19-15-23/h8-11,22-24,27,32-33H,3-7,12-21H2,1-2H3,(H,34,40)(H,35,37)(H,38,39)/t27-/m0/s1. The van der Waals surface area contributed by atoms with Crippen LogP contribution in [0.4, 0.5) is 5.69 Å². The van der Waals surface area contributed by atoms with E-state index in [2.05, 4.69) is 21.3 Å². The maximum absolute atomic E-state index is 13.3. The number of amides is 3. The summed E-state index contributed by atoms with van der Waals surface area (Å²) in [4.78, 5) is 52.5. The van der Waals surface area contributed by atoms with Gasteiger partial charge in [-0.2, -0.15) is 0 Å². The number of methoxy groups -OCH3 is 1. The first kappa shape index (κ1) is 33.3. The number of carboxylic acid groups (broad SMARTS) is 1. The maximum atomic E-state index is 13.3. The lowest BCUT2D eigenvalue weighted by atomic mass is 9.84. The summed E-state index contributed by atoms with van der Waals surface area (Å²) in [5.74, 6) is -0.821. The van der Waals surface area contributed by atoms with Crippen LogP contribution in [0.1, 0.15) is 64.7 Å². The molecule has 234 valence electrons. The minimum atomic E-state index is -1.27. The van der Waals surface area contributed by atoms with Crippen LogP contribution in [0.25, 0.3) is 0 Å². The number of anilines is 1. The number of carbonyl (C=O) groups excluding carboxylic acids is 3. The van der Waals surface area contributed by atoms with Gasteiger partial charge in [-0.05, 0) is 121 Å². The normalized spacial score (nSPS) is 16.9. The van der Waals surface area contributed by atoms with Gasteiger partial charge in [-0.25, -0.2) is 0 Å². The predicted molar refractivity (Wildman–Crippen MR) is 161 cm³/mol. The number of benzene rings is 1. The van der Waals surface area contributed by atoms with E-state index in [-0.39, 0.29) is 24.9 Å². The van der Waals surface area contributed by atoms with Crippen LogP contribution < -0.4 is 30.9 Å². The largest absolute Gasteiger partial charge is 0.497 e. The molecule has 0 radical (unpaired) electrons. The molecule has 2 aliphatic heterocycles. The molecule has 1 atom stereocenters. The van der Waals surface area contributed by atoms with E-state index >= 15 is 0 Å². The molecule has 1 aromatic carbocycles. The number of likely N-dealkylation sites (N-methyl/N-ethyl adjacent to an activating group) is 1. The molecule has 2 saturated heterocycles. The lowest BCUT2D eigenvalue weighted by molar-refractivity contribution is -0.140. The Labute approximate surface area is 249 Å². The van der Waals surface area contributed by atoms with Crippen molar-refractivity contribution < 1.29 is 29.0 Å². The molecule has 3 rings (SSSR count). The molecule has 11 nitrogen and oxygen atoms in total. The number of aliphatic carboxylic acids is 1. The summed E-state index contributed by atoms with van der Waals surface area (Å²) in [5.41, 5.74) is 0.562. The monoisotopic (exact) mass is 587 g/mol. The average molecular weight is 588 g/mol. The molecule has 3 amide bonds. The molecule has 0 bridgehead atoms. The summed E-state index contributed by atoms with van der Waals surface area (Å²) in [6.07, 6.45) is 7.47. The van der Waals surface area contributed by atoms with E-state index in [1.807, 2.05) is 0 Å². The zero-order valence-electron chi connectivity index (χ0n) is 25.2. The smallest absolute Gasteiger partial charge is 0.305 e. The van der Waals surface area contributed by atoms with E-state index in [1.54, 1.807) is 38.3 Å². The average Bonchev–Trinajstić information content (AvgIpc) is 3.01. The second kappa shape index (κ2) is 17.7. The van der Waals surface area contributed by atoms with Crippen LogP contribution in [0.2, 0.25) is 0 Å². The van der Waals surface area contributed by atoms with Crippen molar-refractivity contribution in [3.8, 4) is 5.75 Å². The third-order valence-electron chi connectivity index (χ3n) is 8.54. The van der Waals surface area contributed by atoms with Gasteiger partial charge in [0.05, 0.1) is 20.1 Å². The number of ether oxygens (including phenoxy) is 1. The van der Waals surface area contributed by atoms with Crippen molar-refractivity contribution in [2.75, 3.05) is 51.3 Å². The summed E-state index contributed by atoms with van der Waals surface area (Å²) in [7, 11) is 1.54. The van der Waals surface area contributed by atoms with Crippen LogP contribution in [0.5, 0.6) is 5.75 Å². The number of piperidine rings is 2. The summed E-state index contributed by atoms with van der Waals surface area (Å²) in [6, 6.07) is 5.54. The van der Waals surface area contributed by atoms with E-state index in [4.69, 9.17) is 4.74 Å². The molecule has 2 fully saturated rings. The first-order chi connectivity index (χ1) is 20.3. The van der Waals surface area contributed by atoms with Crippen LogP contribution in [0, 0.1) is 17.8 Å².